The average Bonchev–Trinajstić information content (AvgIpc) is 2.97. The van der Waals surface area contributed by atoms with E-state index in [2.05, 4.69) is 15.3 Å². The van der Waals surface area contributed by atoms with E-state index >= 15 is 0 Å². The molecule has 0 spiro atoms. The molecule has 2 heterocycles. The summed E-state index contributed by atoms with van der Waals surface area (Å²) in [5.74, 6) is 0.432. The third kappa shape index (κ3) is 2.22. The van der Waals surface area contributed by atoms with Crippen molar-refractivity contribution in [2.45, 2.75) is 6.42 Å². The number of fused-ring (bicyclic) bond motifs is 1. The molecule has 0 atom stereocenters. The molecule has 1 aromatic carbocycles. The molecule has 0 aliphatic rings. The van der Waals surface area contributed by atoms with Gasteiger partial charge < -0.3 is 4.74 Å². The predicted octanol–water partition coefficient (Wildman–Crippen LogP) is 2.18. The zero-order valence-corrected chi connectivity index (χ0v) is 11.0. The first-order chi connectivity index (χ1) is 9.29. The van der Waals surface area contributed by atoms with E-state index in [0.717, 1.165) is 5.82 Å². The smallest absolute Gasteiger partial charge is 0.234 e. The third-order valence-electron chi connectivity index (χ3n) is 2.69. The summed E-state index contributed by atoms with van der Waals surface area (Å²) in [4.78, 5) is 0.657. The molecule has 0 bridgehead atoms. The highest BCUT2D eigenvalue weighted by molar-refractivity contribution is 7.19. The quantitative estimate of drug-likeness (QED) is 0.734. The molecule has 3 aromatic rings. The van der Waals surface area contributed by atoms with Crippen LogP contribution < -0.4 is 0 Å². The number of ether oxygens (including phenoxy) is 1. The molecular formula is C12H11FN4OS. The van der Waals surface area contributed by atoms with Gasteiger partial charge in [-0.2, -0.15) is 9.61 Å². The van der Waals surface area contributed by atoms with Gasteiger partial charge >= 0.3 is 0 Å². The number of methoxy groups -OCH3 is 1. The molecule has 0 radical (unpaired) electrons. The Morgan fingerprint density at radius 2 is 2.16 bits per heavy atom. The van der Waals surface area contributed by atoms with Gasteiger partial charge in [-0.15, -0.1) is 10.2 Å². The molecule has 5 nitrogen and oxygen atoms in total. The normalized spacial score (nSPS) is 11.3. The van der Waals surface area contributed by atoms with Gasteiger partial charge in [-0.1, -0.05) is 23.5 Å². The monoisotopic (exact) mass is 278 g/mol. The van der Waals surface area contributed by atoms with Crippen molar-refractivity contribution in [1.29, 1.82) is 0 Å². The molecule has 0 N–H and O–H groups in total. The number of nitrogens with zero attached hydrogens (tertiary/aromatic N) is 4. The number of halogens is 1. The summed E-state index contributed by atoms with van der Waals surface area (Å²) in [6.07, 6.45) is 0.623. The lowest BCUT2D eigenvalue weighted by atomic mass is 10.2. The van der Waals surface area contributed by atoms with Gasteiger partial charge in [0.15, 0.2) is 10.8 Å². The summed E-state index contributed by atoms with van der Waals surface area (Å²) >= 11 is 1.32. The lowest BCUT2D eigenvalue weighted by Gasteiger charge is -1.97. The zero-order valence-electron chi connectivity index (χ0n) is 10.2. The Balaban J connectivity index is 2.03. The van der Waals surface area contributed by atoms with E-state index in [1.807, 2.05) is 0 Å². The van der Waals surface area contributed by atoms with Crippen molar-refractivity contribution in [3.63, 3.8) is 0 Å². The molecule has 98 valence electrons. The Morgan fingerprint density at radius 3 is 2.95 bits per heavy atom. The second kappa shape index (κ2) is 5.02. The van der Waals surface area contributed by atoms with Gasteiger partial charge in [-0.05, 0) is 12.1 Å². The molecule has 0 aliphatic carbocycles. The van der Waals surface area contributed by atoms with Gasteiger partial charge in [-0.3, -0.25) is 0 Å². The number of hydrogen-bond acceptors (Lipinski definition) is 5. The number of rotatable bonds is 4. The maximum Gasteiger partial charge on any atom is 0.234 e. The van der Waals surface area contributed by atoms with E-state index in [9.17, 15) is 4.39 Å². The summed E-state index contributed by atoms with van der Waals surface area (Å²) in [5.41, 5.74) is 0.482. The summed E-state index contributed by atoms with van der Waals surface area (Å²) < 4.78 is 20.4. The van der Waals surface area contributed by atoms with E-state index in [4.69, 9.17) is 4.74 Å². The van der Waals surface area contributed by atoms with Gasteiger partial charge in [0, 0.05) is 19.1 Å². The summed E-state index contributed by atoms with van der Waals surface area (Å²) in [6, 6.07) is 6.56. The molecule has 7 heteroatoms. The lowest BCUT2D eigenvalue weighted by molar-refractivity contribution is 0.200. The SMILES string of the molecule is COCCc1nnc2sc(-c3ccccc3F)nn12. The molecule has 0 fully saturated rings. The van der Waals surface area contributed by atoms with Crippen LogP contribution in [0.2, 0.25) is 0 Å². The van der Waals surface area contributed by atoms with Crippen molar-refractivity contribution >= 4 is 16.3 Å². The highest BCUT2D eigenvalue weighted by Crippen LogP contribution is 2.27. The van der Waals surface area contributed by atoms with E-state index in [-0.39, 0.29) is 5.82 Å². The standard InChI is InChI=1S/C12H11FN4OS/c1-18-7-6-10-14-15-12-17(10)16-11(19-12)8-4-2-3-5-9(8)13/h2-5H,6-7H2,1H3. The molecule has 2 aromatic heterocycles. The Labute approximate surface area is 112 Å². The first-order valence-corrected chi connectivity index (χ1v) is 6.56. The van der Waals surface area contributed by atoms with Crippen molar-refractivity contribution in [3.05, 3.63) is 35.9 Å². The summed E-state index contributed by atoms with van der Waals surface area (Å²) in [7, 11) is 1.63. The van der Waals surface area contributed by atoms with Crippen LogP contribution in [0.4, 0.5) is 4.39 Å². The van der Waals surface area contributed by atoms with Crippen LogP contribution in [0.25, 0.3) is 15.5 Å². The molecule has 19 heavy (non-hydrogen) atoms. The second-order valence-electron chi connectivity index (χ2n) is 3.94. The molecular weight excluding hydrogens is 267 g/mol. The van der Waals surface area contributed by atoms with Crippen LogP contribution >= 0.6 is 11.3 Å². The molecule has 0 unspecified atom stereocenters. The largest absolute Gasteiger partial charge is 0.384 e. The predicted molar refractivity (Wildman–Crippen MR) is 69.6 cm³/mol. The Bertz CT molecular complexity index is 709. The van der Waals surface area contributed by atoms with Gasteiger partial charge in [0.1, 0.15) is 5.82 Å². The Hall–Kier alpha value is -1.86. The zero-order chi connectivity index (χ0) is 13.2. The van der Waals surface area contributed by atoms with Crippen molar-refractivity contribution < 1.29 is 9.13 Å². The fourth-order valence-corrected chi connectivity index (χ4v) is 2.64. The maximum atomic E-state index is 13.7. The van der Waals surface area contributed by atoms with Gasteiger partial charge in [0.05, 0.1) is 6.61 Å². The van der Waals surface area contributed by atoms with Crippen LogP contribution in [-0.2, 0) is 11.2 Å². The topological polar surface area (TPSA) is 52.3 Å². The van der Waals surface area contributed by atoms with E-state index in [1.165, 1.54) is 17.4 Å². The minimum absolute atomic E-state index is 0.286. The third-order valence-corrected chi connectivity index (χ3v) is 3.62. The molecule has 0 saturated carbocycles. The van der Waals surface area contributed by atoms with Crippen LogP contribution in [0.5, 0.6) is 0 Å². The van der Waals surface area contributed by atoms with Crippen LogP contribution in [0.1, 0.15) is 5.82 Å². The second-order valence-corrected chi connectivity index (χ2v) is 4.90. The van der Waals surface area contributed by atoms with Crippen LogP contribution in [0.15, 0.2) is 24.3 Å². The van der Waals surface area contributed by atoms with Crippen molar-refractivity contribution in [3.8, 4) is 10.6 Å². The first kappa shape index (κ1) is 12.2. The minimum Gasteiger partial charge on any atom is -0.384 e. The van der Waals surface area contributed by atoms with Crippen LogP contribution in [0, 0.1) is 5.82 Å². The lowest BCUT2D eigenvalue weighted by Crippen LogP contribution is -2.01. The first-order valence-electron chi connectivity index (χ1n) is 5.74. The minimum atomic E-state index is -0.286. The van der Waals surface area contributed by atoms with E-state index in [1.54, 1.807) is 29.8 Å². The van der Waals surface area contributed by atoms with Gasteiger partial charge in [-0.25, -0.2) is 4.39 Å². The summed E-state index contributed by atoms with van der Waals surface area (Å²) in [6.45, 7) is 0.549. The number of hydrogen-bond donors (Lipinski definition) is 0. The van der Waals surface area contributed by atoms with Crippen molar-refractivity contribution in [2.75, 3.05) is 13.7 Å². The fourth-order valence-electron chi connectivity index (χ4n) is 1.75. The Morgan fingerprint density at radius 1 is 1.32 bits per heavy atom. The van der Waals surface area contributed by atoms with Gasteiger partial charge in [0.2, 0.25) is 4.96 Å². The fraction of sp³-hybridized carbons (Fsp3) is 0.250. The maximum absolute atomic E-state index is 13.7. The van der Waals surface area contributed by atoms with E-state index < -0.39 is 0 Å². The molecule has 0 aliphatic heterocycles. The molecule has 3 rings (SSSR count). The molecule has 0 saturated heterocycles. The van der Waals surface area contributed by atoms with Crippen LogP contribution in [0.3, 0.4) is 0 Å². The van der Waals surface area contributed by atoms with Crippen molar-refractivity contribution in [2.24, 2.45) is 0 Å². The molecule has 0 amide bonds. The Kier molecular flexibility index (Phi) is 3.22. The summed E-state index contributed by atoms with van der Waals surface area (Å²) in [5, 5.41) is 13.0. The highest BCUT2D eigenvalue weighted by Gasteiger charge is 2.14. The van der Waals surface area contributed by atoms with Crippen LogP contribution in [-0.4, -0.2) is 33.5 Å². The van der Waals surface area contributed by atoms with Crippen molar-refractivity contribution in [1.82, 2.24) is 19.8 Å². The number of aromatic nitrogens is 4. The van der Waals surface area contributed by atoms with Gasteiger partial charge in [0.25, 0.3) is 0 Å². The number of benzene rings is 1. The highest BCUT2D eigenvalue weighted by atomic mass is 32.1. The average molecular weight is 278 g/mol. The van der Waals surface area contributed by atoms with E-state index in [0.29, 0.717) is 28.6 Å².